The number of ketones is 1. The Kier molecular flexibility index (Phi) is 20.7. The molecule has 18 atom stereocenters. The van der Waals surface area contributed by atoms with Gasteiger partial charge in [0.25, 0.3) is 0 Å². The first-order chi connectivity index (χ1) is 37.9. The van der Waals surface area contributed by atoms with Gasteiger partial charge in [0.05, 0.1) is 71.3 Å². The van der Waals surface area contributed by atoms with Gasteiger partial charge < -0.3 is 57.7 Å². The third-order valence-electron chi connectivity index (χ3n) is 16.7. The number of aromatic nitrogens is 1. The fraction of sp³-hybridized carbons (Fsp3) is 0.571. The van der Waals surface area contributed by atoms with Gasteiger partial charge >= 0.3 is 17.9 Å². The number of cyclic esters (lactones) is 1. The van der Waals surface area contributed by atoms with Crippen molar-refractivity contribution in [2.45, 2.75) is 179 Å². The molecule has 4 aromatic rings. The van der Waals surface area contributed by atoms with Crippen LogP contribution in [-0.4, -0.2) is 156 Å². The van der Waals surface area contributed by atoms with Crippen molar-refractivity contribution in [3.8, 4) is 0 Å². The average molecular weight is 1110 g/mol. The smallest absolute Gasteiger partial charge is 0.338 e. The number of carbonyl (C=O) groups excluding carboxylic acids is 4. The van der Waals surface area contributed by atoms with Gasteiger partial charge in [-0.1, -0.05) is 94.4 Å². The molecule has 0 bridgehead atoms. The van der Waals surface area contributed by atoms with Crippen LogP contribution in [0.2, 0.25) is 0 Å². The third kappa shape index (κ3) is 14.2. The normalized spacial score (nSPS) is 35.8. The number of aliphatic hydroxyl groups is 2. The van der Waals surface area contributed by atoms with Gasteiger partial charge in [-0.3, -0.25) is 14.6 Å². The highest BCUT2D eigenvalue weighted by molar-refractivity contribution is 5.90. The van der Waals surface area contributed by atoms with E-state index in [1.807, 2.05) is 82.3 Å². The topological polar surface area (TPSA) is 208 Å². The number of esters is 3. The molecule has 0 amide bonds. The minimum absolute atomic E-state index is 0.0157. The summed E-state index contributed by atoms with van der Waals surface area (Å²) in [6.45, 7) is 17.2. The molecule has 0 radical (unpaired) electrons. The first-order valence-electron chi connectivity index (χ1n) is 28.1. The van der Waals surface area contributed by atoms with Gasteiger partial charge in [0.2, 0.25) is 0 Å². The van der Waals surface area contributed by atoms with Crippen molar-refractivity contribution >= 4 is 40.7 Å². The Hall–Kier alpha value is -5.47. The molecule has 4 heterocycles. The number of nitrogens with zero attached hydrogens (tertiary/aromatic N) is 2. The van der Waals surface area contributed by atoms with Crippen molar-refractivity contribution in [1.82, 2.24) is 9.88 Å². The first-order valence-corrected chi connectivity index (χ1v) is 28.1. The number of benzene rings is 3. The lowest BCUT2D eigenvalue weighted by Crippen LogP contribution is -2.62. The summed E-state index contributed by atoms with van der Waals surface area (Å²) in [5.41, 5.74) is -2.42. The van der Waals surface area contributed by atoms with Crippen LogP contribution in [-0.2, 0) is 52.2 Å². The Morgan fingerprint density at radius 2 is 1.41 bits per heavy atom. The summed E-state index contributed by atoms with van der Waals surface area (Å²) in [4.78, 5) is 64.1. The standard InChI is InChI=1S/C63H84N2O15/c1-14-49-63(10,71)54(67)39(4)51(66)37(2)34-62(9,73-31-23-24-43-33-46-29-21-22-30-47(46)64-36-43)55(80-60-53(48(65(11)12)32-38(3)74-60)78-58(69)44-25-17-15-18-26-44)40(5)52(41(6)57(68)76-49)77-50-35-61(8,72-13)56(42(7)75-50)79-59(70)45-27-19-16-20-28-45/h15-30,33,36-42,48-50,52-56,60,67,71H,14,31-32,34-35H2,1-13H3/t37-,38-,39+,40+,41-,42+,48+,49-,50?,52+,53-,54-,55-,56+,60+,61-,62+,63-/m1/s1. The summed E-state index contributed by atoms with van der Waals surface area (Å²) in [5, 5.41) is 25.0. The van der Waals surface area contributed by atoms with Gasteiger partial charge in [-0.25, -0.2) is 9.59 Å². The highest BCUT2D eigenvalue weighted by atomic mass is 16.7. The van der Waals surface area contributed by atoms with Gasteiger partial charge in [0, 0.05) is 42.9 Å². The predicted octanol–water partition coefficient (Wildman–Crippen LogP) is 8.80. The van der Waals surface area contributed by atoms with Crippen LogP contribution >= 0.6 is 0 Å². The number of para-hydroxylation sites is 1. The molecule has 17 nitrogen and oxygen atoms in total. The van der Waals surface area contributed by atoms with Crippen LogP contribution in [0.1, 0.15) is 121 Å². The highest BCUT2D eigenvalue weighted by Crippen LogP contribution is 2.43. The van der Waals surface area contributed by atoms with E-state index in [2.05, 4.69) is 4.98 Å². The Labute approximate surface area is 471 Å². The van der Waals surface area contributed by atoms with Gasteiger partial charge in [-0.15, -0.1) is 0 Å². The molecule has 3 saturated heterocycles. The van der Waals surface area contributed by atoms with Crippen LogP contribution in [0.4, 0.5) is 0 Å². The molecule has 3 fully saturated rings. The van der Waals surface area contributed by atoms with Crippen molar-refractivity contribution in [2.24, 2.45) is 23.7 Å². The Morgan fingerprint density at radius 3 is 2.04 bits per heavy atom. The van der Waals surface area contributed by atoms with E-state index in [-0.39, 0.29) is 31.7 Å². The second-order valence-electron chi connectivity index (χ2n) is 23.1. The molecule has 1 unspecified atom stereocenters. The molecule has 7 rings (SSSR count). The van der Waals surface area contributed by atoms with Crippen LogP contribution < -0.4 is 0 Å². The van der Waals surface area contributed by atoms with Gasteiger partial charge in [-0.05, 0) is 117 Å². The van der Waals surface area contributed by atoms with E-state index in [1.54, 1.807) is 108 Å². The first kappa shape index (κ1) is 62.1. The largest absolute Gasteiger partial charge is 0.459 e. The molecular formula is C63H84N2O15. The molecule has 2 N–H and O–H groups in total. The van der Waals surface area contributed by atoms with Gasteiger partial charge in [0.15, 0.2) is 24.8 Å². The lowest BCUT2D eigenvalue weighted by atomic mass is 9.73. The fourth-order valence-electron chi connectivity index (χ4n) is 12.0. The monoisotopic (exact) mass is 1110 g/mol. The second-order valence-corrected chi connectivity index (χ2v) is 23.1. The van der Waals surface area contributed by atoms with E-state index in [1.165, 1.54) is 14.0 Å². The highest BCUT2D eigenvalue weighted by Gasteiger charge is 2.55. The van der Waals surface area contributed by atoms with Crippen LogP contribution in [0.5, 0.6) is 0 Å². The number of methoxy groups -OCH3 is 1. The van der Waals surface area contributed by atoms with E-state index in [4.69, 9.17) is 42.6 Å². The molecule has 436 valence electrons. The summed E-state index contributed by atoms with van der Waals surface area (Å²) in [7, 11) is 5.30. The van der Waals surface area contributed by atoms with E-state index >= 15 is 0 Å². The summed E-state index contributed by atoms with van der Waals surface area (Å²) in [5.74, 6) is -6.36. The summed E-state index contributed by atoms with van der Waals surface area (Å²) < 4.78 is 60.0. The van der Waals surface area contributed by atoms with E-state index < -0.39 is 126 Å². The molecule has 80 heavy (non-hydrogen) atoms. The minimum Gasteiger partial charge on any atom is -0.459 e. The SMILES string of the molecule is CC[C@H]1OC(=O)[C@H](C)[C@@H](OC2C[C@@](C)(OC)[C@@H](OC(=O)c3ccccc3)[C@H](C)O2)[C@H](C)[C@@H](O[C@@H]2O[C@H](C)C[C@H](N(C)C)[C@H]2OC(=O)c2ccccc2)[C@@](C)(OCC=Cc2cnc3ccccc3c2)C[C@@H](C)C(=O)[C@H](C)[C@@H](O)[C@]1(C)O. The van der Waals surface area contributed by atoms with Crippen molar-refractivity contribution in [3.63, 3.8) is 0 Å². The van der Waals surface area contributed by atoms with Gasteiger partial charge in [-0.2, -0.15) is 0 Å². The lowest BCUT2D eigenvalue weighted by Gasteiger charge is -2.50. The van der Waals surface area contributed by atoms with Gasteiger partial charge in [0.1, 0.15) is 23.1 Å². The summed E-state index contributed by atoms with van der Waals surface area (Å²) in [6, 6.07) is 26.6. The Bertz CT molecular complexity index is 2740. The number of Topliss-reactive ketones (excluding diaryl/α,β-unsaturated/α-hetero) is 1. The molecule has 3 aliphatic heterocycles. The number of carbonyl (C=O) groups is 4. The molecular weight excluding hydrogens is 1020 g/mol. The molecule has 3 aromatic carbocycles. The number of pyridine rings is 1. The maximum Gasteiger partial charge on any atom is 0.338 e. The zero-order valence-corrected chi connectivity index (χ0v) is 48.7. The molecule has 0 saturated carbocycles. The quantitative estimate of drug-likeness (QED) is 0.0842. The summed E-state index contributed by atoms with van der Waals surface area (Å²) >= 11 is 0. The number of fused-ring (bicyclic) bond motifs is 1. The van der Waals surface area contributed by atoms with Crippen molar-refractivity contribution in [2.75, 3.05) is 27.8 Å². The lowest BCUT2D eigenvalue weighted by molar-refractivity contribution is -0.319. The molecule has 0 aliphatic carbocycles. The van der Waals surface area contributed by atoms with Crippen molar-refractivity contribution in [1.29, 1.82) is 0 Å². The summed E-state index contributed by atoms with van der Waals surface area (Å²) in [6.07, 6.45) is -4.72. The maximum absolute atomic E-state index is 15.0. The van der Waals surface area contributed by atoms with Crippen LogP contribution in [0.25, 0.3) is 17.0 Å². The molecule has 17 heteroatoms. The fourth-order valence-corrected chi connectivity index (χ4v) is 12.0. The molecule has 3 aliphatic rings. The maximum atomic E-state index is 15.0. The van der Waals surface area contributed by atoms with E-state index in [0.717, 1.165) is 16.5 Å². The van der Waals surface area contributed by atoms with Crippen LogP contribution in [0, 0.1) is 23.7 Å². The van der Waals surface area contributed by atoms with Crippen molar-refractivity contribution in [3.05, 3.63) is 120 Å². The average Bonchev–Trinajstić information content (AvgIpc) is 3.44. The number of aliphatic hydroxyl groups excluding tert-OH is 1. The minimum atomic E-state index is -2.07. The number of hydrogen-bond acceptors (Lipinski definition) is 17. The number of likely N-dealkylation sites (N-methyl/N-ethyl adjacent to an activating group) is 1. The Morgan fingerprint density at radius 1 is 0.787 bits per heavy atom. The predicted molar refractivity (Wildman–Crippen MR) is 300 cm³/mol. The number of rotatable bonds is 15. The van der Waals surface area contributed by atoms with Crippen molar-refractivity contribution < 1.29 is 72.0 Å². The van der Waals surface area contributed by atoms with E-state index in [9.17, 15) is 29.4 Å². The Balaban J connectivity index is 1.36. The number of hydrogen-bond donors (Lipinski definition) is 2. The zero-order chi connectivity index (χ0) is 58.3. The third-order valence-corrected chi connectivity index (χ3v) is 16.7. The molecule has 1 aromatic heterocycles. The van der Waals surface area contributed by atoms with Crippen LogP contribution in [0.3, 0.4) is 0 Å². The molecule has 0 spiro atoms. The van der Waals surface area contributed by atoms with Crippen LogP contribution in [0.15, 0.2) is 103 Å². The second kappa shape index (κ2) is 26.6. The zero-order valence-electron chi connectivity index (χ0n) is 48.7. The number of ether oxygens (including phenoxy) is 9. The van der Waals surface area contributed by atoms with E-state index in [0.29, 0.717) is 17.5 Å².